The van der Waals surface area contributed by atoms with E-state index < -0.39 is 12.0 Å². The largest absolute Gasteiger partial charge is 0.490 e. The van der Waals surface area contributed by atoms with Crippen molar-refractivity contribution in [3.63, 3.8) is 0 Å². The number of rotatable bonds is 9. The van der Waals surface area contributed by atoms with Crippen LogP contribution in [-0.2, 0) is 16.1 Å². The Hall–Kier alpha value is -4.59. The van der Waals surface area contributed by atoms with E-state index >= 15 is 0 Å². The van der Waals surface area contributed by atoms with E-state index in [9.17, 15) is 4.79 Å². The number of nitrogens with zero attached hydrogens (tertiary/aromatic N) is 3. The number of carbonyl (C=O) groups is 1. The second-order valence-corrected chi connectivity index (χ2v) is 8.34. The van der Waals surface area contributed by atoms with Gasteiger partial charge >= 0.3 is 5.97 Å². The van der Waals surface area contributed by atoms with Crippen molar-refractivity contribution in [1.82, 2.24) is 14.8 Å². The summed E-state index contributed by atoms with van der Waals surface area (Å²) in [5, 5.41) is 7.72. The molecule has 8 nitrogen and oxygen atoms in total. The first-order valence-electron chi connectivity index (χ1n) is 12.3. The molecule has 0 radical (unpaired) electrons. The fourth-order valence-corrected chi connectivity index (χ4v) is 4.35. The normalized spacial score (nSPS) is 14.5. The Kier molecular flexibility index (Phi) is 7.16. The first-order chi connectivity index (χ1) is 18.2. The van der Waals surface area contributed by atoms with Gasteiger partial charge in [0.15, 0.2) is 11.5 Å². The molecule has 1 aliphatic heterocycles. The predicted octanol–water partition coefficient (Wildman–Crippen LogP) is 5.25. The van der Waals surface area contributed by atoms with Crippen molar-refractivity contribution in [3.05, 3.63) is 107 Å². The highest BCUT2D eigenvalue weighted by Crippen LogP contribution is 2.41. The number of aromatic nitrogens is 3. The van der Waals surface area contributed by atoms with Crippen LogP contribution in [0.3, 0.4) is 0 Å². The average molecular weight is 497 g/mol. The molecule has 0 fully saturated rings. The molecule has 4 aromatic rings. The highest BCUT2D eigenvalue weighted by Gasteiger charge is 2.36. The molecule has 1 atom stereocenters. The van der Waals surface area contributed by atoms with Gasteiger partial charge in [0.25, 0.3) is 0 Å². The average Bonchev–Trinajstić information content (AvgIpc) is 3.41. The van der Waals surface area contributed by atoms with E-state index in [1.54, 1.807) is 11.6 Å². The molecule has 0 saturated heterocycles. The molecule has 1 N–H and O–H groups in total. The van der Waals surface area contributed by atoms with E-state index in [0.29, 0.717) is 41.9 Å². The lowest BCUT2D eigenvalue weighted by Gasteiger charge is -2.30. The summed E-state index contributed by atoms with van der Waals surface area (Å²) >= 11 is 0. The number of esters is 1. The van der Waals surface area contributed by atoms with Gasteiger partial charge in [-0.3, -0.25) is 0 Å². The molecule has 1 aromatic heterocycles. The van der Waals surface area contributed by atoms with E-state index in [1.807, 2.05) is 85.8 Å². The van der Waals surface area contributed by atoms with Gasteiger partial charge in [0.05, 0.1) is 24.5 Å². The van der Waals surface area contributed by atoms with Gasteiger partial charge in [0, 0.05) is 0 Å². The van der Waals surface area contributed by atoms with Crippen molar-refractivity contribution in [2.75, 3.05) is 18.5 Å². The van der Waals surface area contributed by atoms with Gasteiger partial charge in [0.2, 0.25) is 5.95 Å². The van der Waals surface area contributed by atoms with Crippen molar-refractivity contribution < 1.29 is 19.0 Å². The summed E-state index contributed by atoms with van der Waals surface area (Å²) in [5.74, 6) is 1.30. The standard InChI is InChI=1S/C29H28N4O4/c1-3-35-24-17-22(15-16-23(24)37-18-20-11-7-5-8-12-20)27-25(28(34)36-4-2)26(21-13-9-6-10-14-21)32-29-30-19-31-33(27)29/h5-17,19,27H,3-4,18H2,1-2H3,(H,30,31,32)/t27-/m1/s1. The highest BCUT2D eigenvalue weighted by atomic mass is 16.5. The van der Waals surface area contributed by atoms with E-state index in [0.717, 1.165) is 16.7 Å². The molecule has 0 bridgehead atoms. The van der Waals surface area contributed by atoms with Crippen molar-refractivity contribution >= 4 is 17.6 Å². The fraction of sp³-hybridized carbons (Fsp3) is 0.207. The minimum absolute atomic E-state index is 0.248. The number of nitrogens with one attached hydrogen (secondary N) is 1. The van der Waals surface area contributed by atoms with Gasteiger partial charge in [-0.15, -0.1) is 0 Å². The number of benzene rings is 3. The first-order valence-corrected chi connectivity index (χ1v) is 12.3. The number of fused-ring (bicyclic) bond motifs is 1. The third-order valence-electron chi connectivity index (χ3n) is 5.98. The SMILES string of the molecule is CCOC(=O)C1=C(c2ccccc2)Nc2ncnn2[C@@H]1c1ccc(OCc2ccccc2)c(OCC)c1. The minimum atomic E-state index is -0.588. The molecule has 1 aliphatic rings. The van der Waals surface area contributed by atoms with Crippen molar-refractivity contribution in [3.8, 4) is 11.5 Å². The molecule has 5 rings (SSSR count). The summed E-state index contributed by atoms with van der Waals surface area (Å²) < 4.78 is 19.3. The van der Waals surface area contributed by atoms with Crippen LogP contribution >= 0.6 is 0 Å². The fourth-order valence-electron chi connectivity index (χ4n) is 4.35. The Morgan fingerprint density at radius 1 is 0.919 bits per heavy atom. The maximum atomic E-state index is 13.4. The minimum Gasteiger partial charge on any atom is -0.490 e. The molecule has 8 heteroatoms. The number of ether oxygens (including phenoxy) is 3. The molecular weight excluding hydrogens is 468 g/mol. The molecule has 3 aromatic carbocycles. The lowest BCUT2D eigenvalue weighted by molar-refractivity contribution is -0.138. The van der Waals surface area contributed by atoms with Crippen LogP contribution in [0.4, 0.5) is 5.95 Å². The van der Waals surface area contributed by atoms with E-state index in [4.69, 9.17) is 14.2 Å². The maximum Gasteiger partial charge on any atom is 0.338 e. The van der Waals surface area contributed by atoms with Crippen LogP contribution in [0.5, 0.6) is 11.5 Å². The van der Waals surface area contributed by atoms with Gasteiger partial charge in [-0.2, -0.15) is 10.1 Å². The summed E-state index contributed by atoms with van der Waals surface area (Å²) in [6, 6.07) is 24.7. The summed E-state index contributed by atoms with van der Waals surface area (Å²) in [6.45, 7) is 4.83. The third kappa shape index (κ3) is 5.04. The molecule has 188 valence electrons. The van der Waals surface area contributed by atoms with E-state index in [2.05, 4.69) is 15.4 Å². The zero-order valence-corrected chi connectivity index (χ0v) is 20.8. The second-order valence-electron chi connectivity index (χ2n) is 8.34. The third-order valence-corrected chi connectivity index (χ3v) is 5.98. The van der Waals surface area contributed by atoms with Crippen molar-refractivity contribution in [2.24, 2.45) is 0 Å². The Morgan fingerprint density at radius 3 is 2.41 bits per heavy atom. The molecule has 0 saturated carbocycles. The van der Waals surface area contributed by atoms with Gasteiger partial charge < -0.3 is 19.5 Å². The Balaban J connectivity index is 1.60. The second kappa shape index (κ2) is 11.0. The van der Waals surface area contributed by atoms with Gasteiger partial charge in [-0.25, -0.2) is 9.48 Å². The maximum absolute atomic E-state index is 13.4. The van der Waals surface area contributed by atoms with Crippen LogP contribution in [0.25, 0.3) is 5.70 Å². The van der Waals surface area contributed by atoms with Crippen molar-refractivity contribution in [1.29, 1.82) is 0 Å². The van der Waals surface area contributed by atoms with Gasteiger partial charge in [0.1, 0.15) is 19.0 Å². The molecule has 2 heterocycles. The Morgan fingerprint density at radius 2 is 1.68 bits per heavy atom. The predicted molar refractivity (Wildman–Crippen MR) is 140 cm³/mol. The molecular formula is C29H28N4O4. The van der Waals surface area contributed by atoms with E-state index in [-0.39, 0.29) is 6.61 Å². The lowest BCUT2D eigenvalue weighted by atomic mass is 9.92. The number of hydrogen-bond donors (Lipinski definition) is 1. The summed E-state index contributed by atoms with van der Waals surface area (Å²) in [7, 11) is 0. The monoisotopic (exact) mass is 496 g/mol. The number of anilines is 1. The van der Waals surface area contributed by atoms with Gasteiger partial charge in [-0.05, 0) is 42.7 Å². The van der Waals surface area contributed by atoms with Crippen LogP contribution in [0.1, 0.15) is 36.6 Å². The van der Waals surface area contributed by atoms with Gasteiger partial charge in [-0.1, -0.05) is 66.7 Å². The van der Waals surface area contributed by atoms with Crippen LogP contribution in [0.15, 0.2) is 90.8 Å². The first kappa shape index (κ1) is 24.1. The molecule has 0 spiro atoms. The zero-order valence-electron chi connectivity index (χ0n) is 20.8. The van der Waals surface area contributed by atoms with Crippen molar-refractivity contribution in [2.45, 2.75) is 26.5 Å². The van der Waals surface area contributed by atoms with Crippen LogP contribution in [0, 0.1) is 0 Å². The quantitative estimate of drug-likeness (QED) is 0.317. The van der Waals surface area contributed by atoms with Crippen LogP contribution < -0.4 is 14.8 Å². The number of carbonyl (C=O) groups excluding carboxylic acids is 1. The van der Waals surface area contributed by atoms with Crippen LogP contribution in [-0.4, -0.2) is 33.9 Å². The van der Waals surface area contributed by atoms with E-state index in [1.165, 1.54) is 6.33 Å². The summed E-state index contributed by atoms with van der Waals surface area (Å²) in [4.78, 5) is 17.8. The molecule has 0 unspecified atom stereocenters. The number of hydrogen-bond acceptors (Lipinski definition) is 7. The molecule has 0 aliphatic carbocycles. The Bertz CT molecular complexity index is 1400. The smallest absolute Gasteiger partial charge is 0.338 e. The van der Waals surface area contributed by atoms with Crippen LogP contribution in [0.2, 0.25) is 0 Å². The topological polar surface area (TPSA) is 87.5 Å². The highest BCUT2D eigenvalue weighted by molar-refractivity contribution is 6.02. The summed E-state index contributed by atoms with van der Waals surface area (Å²) in [5.41, 5.74) is 3.76. The zero-order chi connectivity index (χ0) is 25.6. The molecule has 37 heavy (non-hydrogen) atoms. The lowest BCUT2D eigenvalue weighted by Crippen LogP contribution is -2.30. The summed E-state index contributed by atoms with van der Waals surface area (Å²) in [6.07, 6.45) is 1.47. The molecule has 0 amide bonds. The Labute approximate surface area is 215 Å².